The molecule has 5 fully saturated rings. The lowest BCUT2D eigenvalue weighted by atomic mass is 9.86. The molecule has 270 valence electrons. The molecule has 0 unspecified atom stereocenters. The number of benzene rings is 2. The van der Waals surface area contributed by atoms with Gasteiger partial charge in [-0.15, -0.1) is 0 Å². The molecule has 49 heavy (non-hydrogen) atoms. The van der Waals surface area contributed by atoms with Crippen LogP contribution in [-0.4, -0.2) is 82.8 Å². The topological polar surface area (TPSA) is 73.8 Å². The maximum absolute atomic E-state index is 7.13. The molecule has 0 amide bonds. The lowest BCUT2D eigenvalue weighted by Crippen LogP contribution is -2.68. The fraction of sp³-hybridized carbons (Fsp3) is 0.700. The van der Waals surface area contributed by atoms with Gasteiger partial charge in [-0.3, -0.25) is 0 Å². The van der Waals surface area contributed by atoms with Crippen LogP contribution in [0.15, 0.2) is 60.7 Å². The molecule has 2 aromatic carbocycles. The smallest absolute Gasteiger partial charge is 0.349 e. The predicted octanol–water partition coefficient (Wildman–Crippen LogP) is 7.66. The number of hydrogen-bond acceptors (Lipinski definition) is 8. The quantitative estimate of drug-likeness (QED) is 0.274. The van der Waals surface area contributed by atoms with E-state index in [9.17, 15) is 0 Å². The summed E-state index contributed by atoms with van der Waals surface area (Å²) < 4.78 is 54.2. The Balaban J connectivity index is 1.03. The van der Waals surface area contributed by atoms with E-state index in [1.165, 1.54) is 0 Å². The zero-order valence-corrected chi connectivity index (χ0v) is 31.4. The molecule has 5 aliphatic heterocycles. The van der Waals surface area contributed by atoms with Gasteiger partial charge in [0, 0.05) is 29.3 Å². The maximum atomic E-state index is 7.13. The van der Waals surface area contributed by atoms with Gasteiger partial charge in [-0.1, -0.05) is 102 Å². The van der Waals surface area contributed by atoms with E-state index in [0.717, 1.165) is 49.7 Å². The van der Waals surface area contributed by atoms with Crippen molar-refractivity contribution in [3.8, 4) is 0 Å². The summed E-state index contributed by atoms with van der Waals surface area (Å²) in [7, 11) is -2.61. The monoisotopic (exact) mass is 694 g/mol. The van der Waals surface area contributed by atoms with E-state index >= 15 is 0 Å². The summed E-state index contributed by atoms with van der Waals surface area (Å²) in [6, 6.07) is 20.6. The van der Waals surface area contributed by atoms with Crippen molar-refractivity contribution in [1.29, 1.82) is 0 Å². The molecule has 0 aliphatic carbocycles. The molecule has 0 spiro atoms. The van der Waals surface area contributed by atoms with Gasteiger partial charge < -0.3 is 37.3 Å². The van der Waals surface area contributed by atoms with Crippen LogP contribution in [0.5, 0.6) is 0 Å². The van der Waals surface area contributed by atoms with E-state index < -0.39 is 8.56 Å². The van der Waals surface area contributed by atoms with E-state index in [1.54, 1.807) is 0 Å². The Morgan fingerprint density at radius 1 is 0.612 bits per heavy atom. The Bertz CT molecular complexity index is 1330. The molecule has 5 aliphatic rings. The SMILES string of the molecule is CC(C)(C)[Si]1(C(C)(C)C)OC[C@H]2O[C@H]3CCC[C@H]4O[C@H]5C[C@@H](OCc6ccccc6)[C@H](COCc6ccccc6)O[C@@H]5C[C@@H]4O[C@@H]3C[C@@H]2O1. The summed E-state index contributed by atoms with van der Waals surface area (Å²) in [4.78, 5) is 0. The van der Waals surface area contributed by atoms with E-state index in [-0.39, 0.29) is 71.1 Å². The Labute approximate surface area is 294 Å². The third kappa shape index (κ3) is 7.76. The van der Waals surface area contributed by atoms with Crippen LogP contribution in [0.2, 0.25) is 10.1 Å². The van der Waals surface area contributed by atoms with Crippen molar-refractivity contribution in [3.63, 3.8) is 0 Å². The van der Waals surface area contributed by atoms with Gasteiger partial charge in [-0.05, 0) is 30.4 Å². The van der Waals surface area contributed by atoms with Gasteiger partial charge in [-0.2, -0.15) is 0 Å². The van der Waals surface area contributed by atoms with E-state index in [4.69, 9.17) is 37.3 Å². The molecule has 5 saturated heterocycles. The second-order valence-electron chi connectivity index (χ2n) is 16.9. The normalized spacial score (nSPS) is 36.3. The average Bonchev–Trinajstić information content (AvgIpc) is 3.06. The van der Waals surface area contributed by atoms with Gasteiger partial charge in [0.1, 0.15) is 12.2 Å². The molecule has 10 atom stereocenters. The van der Waals surface area contributed by atoms with Crippen molar-refractivity contribution < 1.29 is 37.3 Å². The summed E-state index contributed by atoms with van der Waals surface area (Å²) in [6.07, 6.45) is 4.75. The highest BCUT2D eigenvalue weighted by molar-refractivity contribution is 6.73. The molecule has 9 heteroatoms. The van der Waals surface area contributed by atoms with Crippen molar-refractivity contribution >= 4 is 8.56 Å². The van der Waals surface area contributed by atoms with Crippen LogP contribution >= 0.6 is 0 Å². The van der Waals surface area contributed by atoms with E-state index in [1.807, 2.05) is 24.3 Å². The van der Waals surface area contributed by atoms with Crippen molar-refractivity contribution in [2.45, 2.75) is 164 Å². The minimum Gasteiger partial charge on any atom is -0.391 e. The fourth-order valence-electron chi connectivity index (χ4n) is 9.04. The lowest BCUT2D eigenvalue weighted by molar-refractivity contribution is -0.288. The third-order valence-corrected chi connectivity index (χ3v) is 16.4. The van der Waals surface area contributed by atoms with Gasteiger partial charge in [-0.25, -0.2) is 0 Å². The van der Waals surface area contributed by atoms with E-state index in [2.05, 4.69) is 77.9 Å². The van der Waals surface area contributed by atoms with Gasteiger partial charge in [0.15, 0.2) is 0 Å². The Morgan fingerprint density at radius 2 is 1.14 bits per heavy atom. The molecular formula is C40H58O8Si. The first-order chi connectivity index (χ1) is 23.5. The van der Waals surface area contributed by atoms with Crippen molar-refractivity contribution in [1.82, 2.24) is 0 Å². The van der Waals surface area contributed by atoms with Crippen molar-refractivity contribution in [2.24, 2.45) is 0 Å². The fourth-order valence-corrected chi connectivity index (χ4v) is 14.0. The molecule has 0 radical (unpaired) electrons. The molecule has 0 saturated carbocycles. The van der Waals surface area contributed by atoms with Crippen molar-refractivity contribution in [2.75, 3.05) is 13.2 Å². The second-order valence-corrected chi connectivity index (χ2v) is 21.7. The first-order valence-corrected chi connectivity index (χ1v) is 20.5. The van der Waals surface area contributed by atoms with Crippen LogP contribution in [0.25, 0.3) is 0 Å². The van der Waals surface area contributed by atoms with Crippen LogP contribution < -0.4 is 0 Å². The van der Waals surface area contributed by atoms with Crippen LogP contribution in [0.4, 0.5) is 0 Å². The minimum absolute atomic E-state index is 0.0254. The highest BCUT2D eigenvalue weighted by Crippen LogP contribution is 2.55. The van der Waals surface area contributed by atoms with Gasteiger partial charge >= 0.3 is 8.56 Å². The predicted molar refractivity (Wildman–Crippen MR) is 189 cm³/mol. The Hall–Kier alpha value is -1.66. The van der Waals surface area contributed by atoms with Gasteiger partial charge in [0.25, 0.3) is 0 Å². The molecule has 5 heterocycles. The third-order valence-electron chi connectivity index (χ3n) is 11.3. The summed E-state index contributed by atoms with van der Waals surface area (Å²) in [5.41, 5.74) is 2.30. The van der Waals surface area contributed by atoms with Crippen LogP contribution in [0.1, 0.15) is 91.2 Å². The molecule has 0 N–H and O–H groups in total. The highest BCUT2D eigenvalue weighted by atomic mass is 28.4. The maximum Gasteiger partial charge on any atom is 0.349 e. The molecule has 0 aromatic heterocycles. The van der Waals surface area contributed by atoms with Crippen LogP contribution in [0.3, 0.4) is 0 Å². The second kappa shape index (κ2) is 14.8. The molecule has 7 rings (SSSR count). The van der Waals surface area contributed by atoms with Crippen LogP contribution in [0, 0.1) is 0 Å². The number of fused-ring (bicyclic) bond motifs is 4. The first kappa shape index (κ1) is 35.7. The zero-order valence-electron chi connectivity index (χ0n) is 30.4. The number of rotatable bonds is 7. The standard InChI is InChI=1S/C40H58O8Si/c1-39(2,3)49(40(4,5)6)43-26-38-36(48-49)22-33-30(45-38)19-13-18-29-32(46-33)21-35-34(44-29)20-31(42-24-28-16-11-8-12-17-28)37(47-35)25-41-23-27-14-9-7-10-15-27/h7-12,14-17,29-38H,13,18-26H2,1-6H3/t29-,30+,31-,32+,33-,34+,35-,36+,37+,38-/m1/s1. The summed E-state index contributed by atoms with van der Waals surface area (Å²) in [6.45, 7) is 15.7. The summed E-state index contributed by atoms with van der Waals surface area (Å²) >= 11 is 0. The van der Waals surface area contributed by atoms with Gasteiger partial charge in [0.05, 0.1) is 75.3 Å². The highest BCUT2D eigenvalue weighted by Gasteiger charge is 2.63. The van der Waals surface area contributed by atoms with Crippen molar-refractivity contribution in [3.05, 3.63) is 71.8 Å². The molecule has 2 aromatic rings. The average molecular weight is 695 g/mol. The largest absolute Gasteiger partial charge is 0.391 e. The Morgan fingerprint density at radius 3 is 1.78 bits per heavy atom. The lowest BCUT2D eigenvalue weighted by Gasteiger charge is -2.57. The minimum atomic E-state index is -2.61. The van der Waals surface area contributed by atoms with Gasteiger partial charge in [0.2, 0.25) is 0 Å². The number of ether oxygens (including phenoxy) is 6. The zero-order chi connectivity index (χ0) is 34.2. The Kier molecular flexibility index (Phi) is 10.8. The van der Waals surface area contributed by atoms with E-state index in [0.29, 0.717) is 26.4 Å². The summed E-state index contributed by atoms with van der Waals surface area (Å²) in [5, 5.41) is -0.150. The molecule has 8 nitrogen and oxygen atoms in total. The number of hydrogen-bond donors (Lipinski definition) is 0. The summed E-state index contributed by atoms with van der Waals surface area (Å²) in [5.74, 6) is 0. The molecular weight excluding hydrogens is 637 g/mol. The van der Waals surface area contributed by atoms with Crippen LogP contribution in [-0.2, 0) is 50.5 Å². The first-order valence-electron chi connectivity index (χ1n) is 18.7. The molecule has 0 bridgehead atoms.